The van der Waals surface area contributed by atoms with Gasteiger partial charge in [0.05, 0.1) is 0 Å². The van der Waals surface area contributed by atoms with E-state index in [1.807, 2.05) is 33.0 Å². The molecule has 0 aliphatic heterocycles. The van der Waals surface area contributed by atoms with Gasteiger partial charge < -0.3 is 0 Å². The van der Waals surface area contributed by atoms with E-state index >= 15 is 0 Å². The van der Waals surface area contributed by atoms with Gasteiger partial charge in [0.2, 0.25) is 0 Å². The predicted molar refractivity (Wildman–Crippen MR) is 61.3 cm³/mol. The molecule has 1 heteroatoms. The third kappa shape index (κ3) is 4.46. The van der Waals surface area contributed by atoms with Crippen molar-refractivity contribution in [2.45, 2.75) is 20.8 Å². The van der Waals surface area contributed by atoms with E-state index in [-0.39, 0.29) is 0 Å². The molecular formula is C12H19N. The number of hydrogen-bond donors (Lipinski definition) is 0. The Morgan fingerprint density at radius 3 is 2.46 bits per heavy atom. The highest BCUT2D eigenvalue weighted by molar-refractivity contribution is 6.00. The van der Waals surface area contributed by atoms with Crippen LogP contribution in [0.2, 0.25) is 0 Å². The van der Waals surface area contributed by atoms with Crippen molar-refractivity contribution in [2.75, 3.05) is 7.05 Å². The Kier molecular flexibility index (Phi) is 5.86. The SMILES string of the molecule is C=CC(C)/C=C(\C=C/C)C(/C)=N/C. The van der Waals surface area contributed by atoms with Crippen LogP contribution in [0.25, 0.3) is 0 Å². The molecule has 13 heavy (non-hydrogen) atoms. The Labute approximate surface area is 81.6 Å². The van der Waals surface area contributed by atoms with E-state index in [1.165, 1.54) is 5.57 Å². The van der Waals surface area contributed by atoms with Crippen LogP contribution in [0.15, 0.2) is 41.4 Å². The number of hydrogen-bond acceptors (Lipinski definition) is 1. The summed E-state index contributed by atoms with van der Waals surface area (Å²) in [6, 6.07) is 0. The lowest BCUT2D eigenvalue weighted by Crippen LogP contribution is -1.97. The zero-order chi connectivity index (χ0) is 10.3. The van der Waals surface area contributed by atoms with Gasteiger partial charge in [0.15, 0.2) is 0 Å². The van der Waals surface area contributed by atoms with E-state index < -0.39 is 0 Å². The average molecular weight is 177 g/mol. The zero-order valence-electron chi connectivity index (χ0n) is 9.04. The van der Waals surface area contributed by atoms with Crippen LogP contribution in [0.3, 0.4) is 0 Å². The van der Waals surface area contributed by atoms with Crippen LogP contribution in [0, 0.1) is 5.92 Å². The van der Waals surface area contributed by atoms with Gasteiger partial charge in [0, 0.05) is 12.8 Å². The lowest BCUT2D eigenvalue weighted by molar-refractivity contribution is 0.939. The topological polar surface area (TPSA) is 12.4 Å². The molecule has 0 saturated heterocycles. The molecule has 0 aliphatic rings. The summed E-state index contributed by atoms with van der Waals surface area (Å²) < 4.78 is 0. The normalized spacial score (nSPS) is 16.3. The van der Waals surface area contributed by atoms with Crippen molar-refractivity contribution in [3.8, 4) is 0 Å². The maximum Gasteiger partial charge on any atom is 0.0383 e. The quantitative estimate of drug-likeness (QED) is 0.354. The molecular weight excluding hydrogens is 158 g/mol. The number of allylic oxidation sites excluding steroid dienone is 5. The molecule has 0 amide bonds. The van der Waals surface area contributed by atoms with Crippen LogP contribution in [-0.4, -0.2) is 12.8 Å². The molecule has 1 nitrogen and oxygen atoms in total. The smallest absolute Gasteiger partial charge is 0.0383 e. The first kappa shape index (κ1) is 11.9. The van der Waals surface area contributed by atoms with E-state index in [4.69, 9.17) is 0 Å². The molecule has 0 heterocycles. The highest BCUT2D eigenvalue weighted by Gasteiger charge is 1.98. The van der Waals surface area contributed by atoms with E-state index in [1.54, 1.807) is 0 Å². The Balaban J connectivity index is 4.79. The molecule has 0 spiro atoms. The molecule has 0 aromatic heterocycles. The van der Waals surface area contributed by atoms with Crippen molar-refractivity contribution in [1.29, 1.82) is 0 Å². The predicted octanol–water partition coefficient (Wildman–Crippen LogP) is 3.40. The van der Waals surface area contributed by atoms with Crippen molar-refractivity contribution >= 4 is 5.71 Å². The van der Waals surface area contributed by atoms with Gasteiger partial charge in [0.25, 0.3) is 0 Å². The second-order valence-corrected chi connectivity index (χ2v) is 3.03. The maximum absolute atomic E-state index is 4.16. The Morgan fingerprint density at radius 1 is 1.46 bits per heavy atom. The highest BCUT2D eigenvalue weighted by atomic mass is 14.7. The van der Waals surface area contributed by atoms with Crippen molar-refractivity contribution in [3.05, 3.63) is 36.5 Å². The summed E-state index contributed by atoms with van der Waals surface area (Å²) in [4.78, 5) is 4.16. The van der Waals surface area contributed by atoms with Crippen molar-refractivity contribution in [1.82, 2.24) is 0 Å². The van der Waals surface area contributed by atoms with Gasteiger partial charge in [0.1, 0.15) is 0 Å². The lowest BCUT2D eigenvalue weighted by Gasteiger charge is -2.03. The first-order valence-electron chi connectivity index (χ1n) is 4.56. The number of aliphatic imine (C=N–C) groups is 1. The zero-order valence-corrected chi connectivity index (χ0v) is 9.04. The molecule has 0 aromatic carbocycles. The fourth-order valence-electron chi connectivity index (χ4n) is 0.957. The van der Waals surface area contributed by atoms with Gasteiger partial charge in [-0.05, 0) is 25.3 Å². The molecule has 0 N–H and O–H groups in total. The van der Waals surface area contributed by atoms with Crippen molar-refractivity contribution < 1.29 is 0 Å². The second kappa shape index (κ2) is 6.41. The van der Waals surface area contributed by atoms with E-state index in [0.29, 0.717) is 5.92 Å². The summed E-state index contributed by atoms with van der Waals surface area (Å²) in [7, 11) is 1.81. The van der Waals surface area contributed by atoms with E-state index in [9.17, 15) is 0 Å². The summed E-state index contributed by atoms with van der Waals surface area (Å²) >= 11 is 0. The molecule has 0 radical (unpaired) electrons. The summed E-state index contributed by atoms with van der Waals surface area (Å²) in [5.41, 5.74) is 2.24. The van der Waals surface area contributed by atoms with Crippen LogP contribution in [0.5, 0.6) is 0 Å². The van der Waals surface area contributed by atoms with Gasteiger partial charge in [-0.3, -0.25) is 4.99 Å². The van der Waals surface area contributed by atoms with Gasteiger partial charge in [-0.1, -0.05) is 31.2 Å². The molecule has 0 bridgehead atoms. The van der Waals surface area contributed by atoms with Gasteiger partial charge in [-0.15, -0.1) is 6.58 Å². The van der Waals surface area contributed by atoms with Crippen LogP contribution in [0.1, 0.15) is 20.8 Å². The third-order valence-corrected chi connectivity index (χ3v) is 1.91. The minimum absolute atomic E-state index is 0.392. The van der Waals surface area contributed by atoms with E-state index in [0.717, 1.165) is 5.71 Å². The molecule has 0 rings (SSSR count). The fourth-order valence-corrected chi connectivity index (χ4v) is 0.957. The molecule has 1 unspecified atom stereocenters. The summed E-state index contributed by atoms with van der Waals surface area (Å²) in [5.74, 6) is 0.392. The van der Waals surface area contributed by atoms with Gasteiger partial charge in [-0.25, -0.2) is 0 Å². The minimum atomic E-state index is 0.392. The Morgan fingerprint density at radius 2 is 2.08 bits per heavy atom. The highest BCUT2D eigenvalue weighted by Crippen LogP contribution is 2.07. The summed E-state index contributed by atoms with van der Waals surface area (Å²) in [6.45, 7) is 9.89. The van der Waals surface area contributed by atoms with Crippen LogP contribution in [-0.2, 0) is 0 Å². The van der Waals surface area contributed by atoms with Crippen LogP contribution >= 0.6 is 0 Å². The largest absolute Gasteiger partial charge is 0.293 e. The van der Waals surface area contributed by atoms with Gasteiger partial charge >= 0.3 is 0 Å². The molecule has 0 aliphatic carbocycles. The summed E-state index contributed by atoms with van der Waals surface area (Å²) in [6.07, 6.45) is 8.18. The summed E-state index contributed by atoms with van der Waals surface area (Å²) in [5, 5.41) is 0. The fraction of sp³-hybridized carbons (Fsp3) is 0.417. The van der Waals surface area contributed by atoms with Crippen LogP contribution < -0.4 is 0 Å². The van der Waals surface area contributed by atoms with Gasteiger partial charge in [-0.2, -0.15) is 0 Å². The van der Waals surface area contributed by atoms with Crippen LogP contribution in [0.4, 0.5) is 0 Å². The van der Waals surface area contributed by atoms with Crippen molar-refractivity contribution in [3.63, 3.8) is 0 Å². The lowest BCUT2D eigenvalue weighted by atomic mass is 10.0. The first-order chi connectivity index (χ1) is 6.15. The molecule has 0 aromatic rings. The number of nitrogens with zero attached hydrogens (tertiary/aromatic N) is 1. The van der Waals surface area contributed by atoms with E-state index in [2.05, 4.69) is 30.6 Å². The van der Waals surface area contributed by atoms with Crippen molar-refractivity contribution in [2.24, 2.45) is 10.9 Å². The monoisotopic (exact) mass is 177 g/mol. The average Bonchev–Trinajstić information content (AvgIpc) is 2.15. The third-order valence-electron chi connectivity index (χ3n) is 1.91. The molecule has 1 atom stereocenters. The Hall–Kier alpha value is -1.11. The second-order valence-electron chi connectivity index (χ2n) is 3.03. The maximum atomic E-state index is 4.16. The first-order valence-corrected chi connectivity index (χ1v) is 4.56. The molecule has 72 valence electrons. The number of rotatable bonds is 4. The minimum Gasteiger partial charge on any atom is -0.293 e. The standard InChI is InChI=1S/C12H19N/c1-6-8-12(11(4)13-5)9-10(3)7-2/h6-10H,2H2,1,3-5H3/b8-6-,12-9+,13-11+. The molecule has 0 fully saturated rings. The Bertz CT molecular complexity index is 244. The molecule has 0 saturated carbocycles.